The van der Waals surface area contributed by atoms with Gasteiger partial charge in [0, 0.05) is 12.1 Å². The van der Waals surface area contributed by atoms with E-state index in [0.717, 1.165) is 5.75 Å². The van der Waals surface area contributed by atoms with Crippen LogP contribution < -0.4 is 10.1 Å². The number of hydrogen-bond acceptors (Lipinski definition) is 3. The van der Waals surface area contributed by atoms with Crippen LogP contribution in [0.4, 0.5) is 0 Å². The van der Waals surface area contributed by atoms with E-state index in [4.69, 9.17) is 4.74 Å². The summed E-state index contributed by atoms with van der Waals surface area (Å²) in [7, 11) is 0. The normalized spacial score (nSPS) is 13.5. The van der Waals surface area contributed by atoms with Crippen LogP contribution in [-0.4, -0.2) is 29.9 Å². The molecule has 0 aliphatic rings. The molecule has 0 fully saturated rings. The molecule has 0 saturated heterocycles. The number of aliphatic hydroxyl groups excluding tert-OH is 1. The van der Waals surface area contributed by atoms with Gasteiger partial charge >= 0.3 is 0 Å². The highest BCUT2D eigenvalue weighted by Gasteiger charge is 2.12. The molecule has 1 atom stereocenters. The van der Waals surface area contributed by atoms with Crippen molar-refractivity contribution in [3.05, 3.63) is 30.3 Å². The molecule has 1 radical (unpaired) electrons. The lowest BCUT2D eigenvalue weighted by molar-refractivity contribution is 0.100. The standard InChI is InChI=1S/C13H20NO2/c1-13(2,3)14-9-11(15)10-16-12-7-5-4-6-8-12/h5-8,11,14-15H,9-10H2,1-3H3. The SMILES string of the molecule is CC(C)(C)NCC(O)COc1cc[c]cc1. The molecular weight excluding hydrogens is 202 g/mol. The number of rotatable bonds is 5. The van der Waals surface area contributed by atoms with Crippen molar-refractivity contribution in [1.29, 1.82) is 0 Å². The zero-order valence-electron chi connectivity index (χ0n) is 10.2. The maximum absolute atomic E-state index is 9.68. The van der Waals surface area contributed by atoms with Crippen LogP contribution in [0.15, 0.2) is 24.3 Å². The molecule has 0 aliphatic carbocycles. The third kappa shape index (κ3) is 5.73. The van der Waals surface area contributed by atoms with Crippen molar-refractivity contribution < 1.29 is 9.84 Å². The maximum atomic E-state index is 9.68. The van der Waals surface area contributed by atoms with E-state index in [0.29, 0.717) is 13.2 Å². The van der Waals surface area contributed by atoms with Crippen molar-refractivity contribution >= 4 is 0 Å². The molecule has 3 nitrogen and oxygen atoms in total. The molecule has 1 rings (SSSR count). The van der Waals surface area contributed by atoms with Gasteiger partial charge in [0.2, 0.25) is 0 Å². The summed E-state index contributed by atoms with van der Waals surface area (Å²) in [6.45, 7) is 7.02. The van der Waals surface area contributed by atoms with E-state index < -0.39 is 6.10 Å². The largest absolute Gasteiger partial charge is 0.491 e. The second-order valence-corrected chi connectivity index (χ2v) is 4.83. The lowest BCUT2D eigenvalue weighted by Gasteiger charge is -2.22. The Labute approximate surface area is 97.4 Å². The number of nitrogens with one attached hydrogen (secondary N) is 1. The highest BCUT2D eigenvalue weighted by atomic mass is 16.5. The summed E-state index contributed by atoms with van der Waals surface area (Å²) in [6.07, 6.45) is -0.497. The van der Waals surface area contributed by atoms with E-state index in [2.05, 4.69) is 32.2 Å². The summed E-state index contributed by atoms with van der Waals surface area (Å²) in [5, 5.41) is 12.9. The second-order valence-electron chi connectivity index (χ2n) is 4.83. The first-order valence-electron chi connectivity index (χ1n) is 5.49. The summed E-state index contributed by atoms with van der Waals surface area (Å²) < 4.78 is 5.42. The van der Waals surface area contributed by atoms with E-state index >= 15 is 0 Å². The van der Waals surface area contributed by atoms with Gasteiger partial charge in [-0.3, -0.25) is 0 Å². The zero-order chi connectivity index (χ0) is 12.0. The van der Waals surface area contributed by atoms with E-state index in [1.54, 1.807) is 12.1 Å². The van der Waals surface area contributed by atoms with Gasteiger partial charge in [0.25, 0.3) is 0 Å². The van der Waals surface area contributed by atoms with Gasteiger partial charge in [0.15, 0.2) is 0 Å². The molecule has 1 aromatic carbocycles. The van der Waals surface area contributed by atoms with Crippen LogP contribution in [0.3, 0.4) is 0 Å². The van der Waals surface area contributed by atoms with E-state index in [1.807, 2.05) is 12.1 Å². The summed E-state index contributed by atoms with van der Waals surface area (Å²) in [4.78, 5) is 0. The van der Waals surface area contributed by atoms with Gasteiger partial charge in [-0.1, -0.05) is 12.1 Å². The Kier molecular flexibility index (Phi) is 4.77. The maximum Gasteiger partial charge on any atom is 0.119 e. The molecule has 0 saturated carbocycles. The van der Waals surface area contributed by atoms with Crippen molar-refractivity contribution in [3.63, 3.8) is 0 Å². The highest BCUT2D eigenvalue weighted by molar-refractivity contribution is 5.20. The van der Waals surface area contributed by atoms with Gasteiger partial charge in [-0.25, -0.2) is 0 Å². The van der Waals surface area contributed by atoms with Crippen LogP contribution in [0.1, 0.15) is 20.8 Å². The molecule has 0 aliphatic heterocycles. The predicted octanol–water partition coefficient (Wildman–Crippen LogP) is 1.61. The smallest absolute Gasteiger partial charge is 0.119 e. The lowest BCUT2D eigenvalue weighted by Crippen LogP contribution is -2.42. The Balaban J connectivity index is 2.23. The van der Waals surface area contributed by atoms with Gasteiger partial charge in [0.1, 0.15) is 18.5 Å². The Morgan fingerprint density at radius 3 is 2.56 bits per heavy atom. The van der Waals surface area contributed by atoms with Gasteiger partial charge in [-0.2, -0.15) is 0 Å². The minimum absolute atomic E-state index is 0.0166. The fraction of sp³-hybridized carbons (Fsp3) is 0.538. The number of benzene rings is 1. The van der Waals surface area contributed by atoms with E-state index in [-0.39, 0.29) is 5.54 Å². The first-order valence-corrected chi connectivity index (χ1v) is 5.49. The van der Waals surface area contributed by atoms with Crippen LogP contribution in [-0.2, 0) is 0 Å². The highest BCUT2D eigenvalue weighted by Crippen LogP contribution is 2.08. The second kappa shape index (κ2) is 5.87. The topological polar surface area (TPSA) is 41.5 Å². The molecule has 1 unspecified atom stereocenters. The Bertz CT molecular complexity index is 293. The first kappa shape index (κ1) is 13.0. The molecule has 0 heterocycles. The van der Waals surface area contributed by atoms with Crippen LogP contribution >= 0.6 is 0 Å². The molecule has 16 heavy (non-hydrogen) atoms. The molecule has 0 amide bonds. The van der Waals surface area contributed by atoms with Crippen molar-refractivity contribution in [1.82, 2.24) is 5.32 Å². The monoisotopic (exact) mass is 222 g/mol. The number of β-amino-alcohol motifs (C(OH)–C–C–N with tert-alkyl or cyclic N) is 1. The molecule has 0 spiro atoms. The van der Waals surface area contributed by atoms with Crippen molar-refractivity contribution in [2.75, 3.05) is 13.2 Å². The predicted molar refractivity (Wildman–Crippen MR) is 64.5 cm³/mol. The number of aliphatic hydroxyl groups is 1. The third-order valence-corrected chi connectivity index (χ3v) is 2.00. The Hall–Kier alpha value is -1.06. The first-order chi connectivity index (χ1) is 7.47. The Morgan fingerprint density at radius 2 is 2.00 bits per heavy atom. The Morgan fingerprint density at radius 1 is 1.38 bits per heavy atom. The van der Waals surface area contributed by atoms with Crippen LogP contribution in [0, 0.1) is 6.07 Å². The van der Waals surface area contributed by atoms with E-state index in [9.17, 15) is 5.11 Å². The molecular formula is C13H20NO2. The third-order valence-electron chi connectivity index (χ3n) is 2.00. The van der Waals surface area contributed by atoms with Crippen molar-refractivity contribution in [2.45, 2.75) is 32.4 Å². The number of hydrogen-bond donors (Lipinski definition) is 2. The van der Waals surface area contributed by atoms with Gasteiger partial charge < -0.3 is 15.2 Å². The molecule has 89 valence electrons. The fourth-order valence-electron chi connectivity index (χ4n) is 1.14. The number of ether oxygens (including phenoxy) is 1. The van der Waals surface area contributed by atoms with Crippen LogP contribution in [0.2, 0.25) is 0 Å². The lowest BCUT2D eigenvalue weighted by atomic mass is 10.1. The fourth-order valence-corrected chi connectivity index (χ4v) is 1.14. The summed E-state index contributed by atoms with van der Waals surface area (Å²) in [5.41, 5.74) is 0.0166. The quantitative estimate of drug-likeness (QED) is 0.795. The molecule has 2 N–H and O–H groups in total. The molecule has 0 bridgehead atoms. The van der Waals surface area contributed by atoms with Gasteiger partial charge in [-0.05, 0) is 39.0 Å². The van der Waals surface area contributed by atoms with Crippen molar-refractivity contribution in [3.8, 4) is 5.75 Å². The zero-order valence-corrected chi connectivity index (χ0v) is 10.2. The summed E-state index contributed by atoms with van der Waals surface area (Å²) >= 11 is 0. The molecule has 0 aromatic heterocycles. The van der Waals surface area contributed by atoms with Crippen LogP contribution in [0.5, 0.6) is 5.75 Å². The minimum Gasteiger partial charge on any atom is -0.491 e. The molecule has 3 heteroatoms. The minimum atomic E-state index is -0.497. The van der Waals surface area contributed by atoms with Crippen LogP contribution in [0.25, 0.3) is 0 Å². The average Bonchev–Trinajstić information content (AvgIpc) is 2.24. The van der Waals surface area contributed by atoms with Gasteiger partial charge in [0.05, 0.1) is 0 Å². The van der Waals surface area contributed by atoms with Crippen molar-refractivity contribution in [2.24, 2.45) is 0 Å². The summed E-state index contributed by atoms with van der Waals surface area (Å²) in [5.74, 6) is 0.758. The average molecular weight is 222 g/mol. The van der Waals surface area contributed by atoms with Gasteiger partial charge in [-0.15, -0.1) is 0 Å². The molecule has 1 aromatic rings. The summed E-state index contributed by atoms with van der Waals surface area (Å²) in [6, 6.07) is 10.1. The van der Waals surface area contributed by atoms with E-state index in [1.165, 1.54) is 0 Å².